The van der Waals surface area contributed by atoms with Gasteiger partial charge in [0.1, 0.15) is 18.1 Å². The third-order valence-electron chi connectivity index (χ3n) is 3.83. The first-order valence-corrected chi connectivity index (χ1v) is 8.72. The number of aryl methyl sites for hydroxylation is 2. The van der Waals surface area contributed by atoms with Crippen molar-refractivity contribution in [1.82, 2.24) is 5.32 Å². The third kappa shape index (κ3) is 6.87. The van der Waals surface area contributed by atoms with Crippen molar-refractivity contribution in [3.05, 3.63) is 59.7 Å². The van der Waals surface area contributed by atoms with Gasteiger partial charge in [-0.1, -0.05) is 35.9 Å². The second-order valence-electron chi connectivity index (χ2n) is 6.31. The maximum atomic E-state index is 12.0. The van der Waals surface area contributed by atoms with Crippen LogP contribution in [0.2, 0.25) is 0 Å². The third-order valence-corrected chi connectivity index (χ3v) is 3.83. The molecule has 0 bridgehead atoms. The van der Waals surface area contributed by atoms with E-state index >= 15 is 0 Å². The monoisotopic (exact) mass is 341 g/mol. The molecular formula is C21H27NO3. The van der Waals surface area contributed by atoms with Crippen LogP contribution < -0.4 is 14.8 Å². The Bertz CT molecular complexity index is 667. The van der Waals surface area contributed by atoms with Crippen LogP contribution in [0, 0.1) is 13.8 Å². The lowest BCUT2D eigenvalue weighted by molar-refractivity contribution is -0.122. The number of nitrogens with one attached hydrogen (secondary N) is 1. The van der Waals surface area contributed by atoms with Gasteiger partial charge in [-0.3, -0.25) is 4.79 Å². The fourth-order valence-electron chi connectivity index (χ4n) is 2.38. The minimum absolute atomic E-state index is 0.0217. The van der Waals surface area contributed by atoms with Gasteiger partial charge in [0.15, 0.2) is 0 Å². The molecule has 2 aromatic carbocycles. The van der Waals surface area contributed by atoms with E-state index in [4.69, 9.17) is 9.47 Å². The molecule has 0 aliphatic heterocycles. The van der Waals surface area contributed by atoms with Crippen LogP contribution in [-0.4, -0.2) is 25.2 Å². The quantitative estimate of drug-likeness (QED) is 0.700. The van der Waals surface area contributed by atoms with Gasteiger partial charge in [-0.2, -0.15) is 0 Å². The Kier molecular flexibility index (Phi) is 7.33. The van der Waals surface area contributed by atoms with Crippen molar-refractivity contribution in [2.75, 3.05) is 13.2 Å². The highest BCUT2D eigenvalue weighted by Gasteiger charge is 2.09. The van der Waals surface area contributed by atoms with Crippen molar-refractivity contribution in [2.45, 2.75) is 39.7 Å². The summed E-state index contributed by atoms with van der Waals surface area (Å²) in [4.78, 5) is 12.0. The van der Waals surface area contributed by atoms with Gasteiger partial charge in [-0.05, 0) is 51.0 Å². The maximum Gasteiger partial charge on any atom is 0.220 e. The number of hydrogen-bond acceptors (Lipinski definition) is 3. The molecule has 1 amide bonds. The molecule has 25 heavy (non-hydrogen) atoms. The van der Waals surface area contributed by atoms with Gasteiger partial charge in [0.2, 0.25) is 5.91 Å². The lowest BCUT2D eigenvalue weighted by Gasteiger charge is -2.16. The van der Waals surface area contributed by atoms with E-state index in [2.05, 4.69) is 5.32 Å². The molecule has 0 saturated carbocycles. The predicted octanol–water partition coefficient (Wildman–Crippen LogP) is 4.05. The number of carbonyl (C=O) groups is 1. The first-order valence-electron chi connectivity index (χ1n) is 8.72. The highest BCUT2D eigenvalue weighted by Crippen LogP contribution is 2.16. The van der Waals surface area contributed by atoms with Crippen molar-refractivity contribution in [3.63, 3.8) is 0 Å². The lowest BCUT2D eigenvalue weighted by atomic mass is 10.2. The summed E-state index contributed by atoms with van der Waals surface area (Å²) in [6, 6.07) is 15.7. The normalized spacial score (nSPS) is 11.6. The van der Waals surface area contributed by atoms with E-state index in [1.165, 1.54) is 5.56 Å². The molecule has 0 spiro atoms. The molecule has 0 aliphatic rings. The Morgan fingerprint density at radius 1 is 1.04 bits per heavy atom. The average molecular weight is 341 g/mol. The second kappa shape index (κ2) is 9.72. The zero-order valence-electron chi connectivity index (χ0n) is 15.2. The lowest BCUT2D eigenvalue weighted by Crippen LogP contribution is -2.36. The van der Waals surface area contributed by atoms with Gasteiger partial charge >= 0.3 is 0 Å². The Labute approximate surface area is 150 Å². The molecule has 2 rings (SSSR count). The van der Waals surface area contributed by atoms with E-state index in [0.29, 0.717) is 26.1 Å². The Balaban J connectivity index is 1.61. The summed E-state index contributed by atoms with van der Waals surface area (Å²) < 4.78 is 11.4. The number of hydrogen-bond donors (Lipinski definition) is 1. The molecule has 2 aromatic rings. The van der Waals surface area contributed by atoms with Crippen LogP contribution in [0.4, 0.5) is 0 Å². The molecule has 0 fully saturated rings. The molecule has 0 radical (unpaired) electrons. The van der Waals surface area contributed by atoms with E-state index in [1.807, 2.05) is 69.3 Å². The molecule has 0 unspecified atom stereocenters. The van der Waals surface area contributed by atoms with Gasteiger partial charge in [0, 0.05) is 6.42 Å². The summed E-state index contributed by atoms with van der Waals surface area (Å²) >= 11 is 0. The van der Waals surface area contributed by atoms with Crippen LogP contribution in [0.25, 0.3) is 0 Å². The zero-order chi connectivity index (χ0) is 18.1. The summed E-state index contributed by atoms with van der Waals surface area (Å²) in [6.45, 7) is 6.98. The van der Waals surface area contributed by atoms with Gasteiger partial charge in [-0.15, -0.1) is 0 Å². The summed E-state index contributed by atoms with van der Waals surface area (Å²) in [5, 5.41) is 2.96. The van der Waals surface area contributed by atoms with Crippen LogP contribution in [-0.2, 0) is 4.79 Å². The molecule has 4 heteroatoms. The topological polar surface area (TPSA) is 47.6 Å². The van der Waals surface area contributed by atoms with Gasteiger partial charge in [0.25, 0.3) is 0 Å². The molecule has 0 aromatic heterocycles. The molecule has 0 aliphatic carbocycles. The van der Waals surface area contributed by atoms with Crippen molar-refractivity contribution in [3.8, 4) is 11.5 Å². The van der Waals surface area contributed by atoms with E-state index in [9.17, 15) is 4.79 Å². The Morgan fingerprint density at radius 3 is 2.48 bits per heavy atom. The number of rotatable bonds is 9. The number of para-hydroxylation sites is 1. The molecule has 0 heterocycles. The molecule has 1 atom stereocenters. The van der Waals surface area contributed by atoms with Gasteiger partial charge < -0.3 is 14.8 Å². The maximum absolute atomic E-state index is 12.0. The molecular weight excluding hydrogens is 314 g/mol. The summed E-state index contributed by atoms with van der Waals surface area (Å²) in [5.41, 5.74) is 2.29. The van der Waals surface area contributed by atoms with Crippen LogP contribution in [0.5, 0.6) is 11.5 Å². The smallest absolute Gasteiger partial charge is 0.220 e. The fourth-order valence-corrected chi connectivity index (χ4v) is 2.38. The number of amides is 1. The Hall–Kier alpha value is -2.49. The Morgan fingerprint density at radius 2 is 1.76 bits per heavy atom. The highest BCUT2D eigenvalue weighted by atomic mass is 16.5. The SMILES string of the molecule is Cc1ccc(OCCCC(=O)N[C@H](C)COc2ccccc2C)cc1. The van der Waals surface area contributed by atoms with Crippen molar-refractivity contribution in [2.24, 2.45) is 0 Å². The van der Waals surface area contributed by atoms with Crippen LogP contribution >= 0.6 is 0 Å². The highest BCUT2D eigenvalue weighted by molar-refractivity contribution is 5.76. The largest absolute Gasteiger partial charge is 0.494 e. The van der Waals surface area contributed by atoms with Gasteiger partial charge in [-0.25, -0.2) is 0 Å². The average Bonchev–Trinajstić information content (AvgIpc) is 2.59. The van der Waals surface area contributed by atoms with E-state index in [0.717, 1.165) is 17.1 Å². The molecule has 4 nitrogen and oxygen atoms in total. The van der Waals surface area contributed by atoms with E-state index < -0.39 is 0 Å². The first kappa shape index (κ1) is 18.8. The zero-order valence-corrected chi connectivity index (χ0v) is 15.2. The van der Waals surface area contributed by atoms with Gasteiger partial charge in [0.05, 0.1) is 12.6 Å². The fraction of sp³-hybridized carbons (Fsp3) is 0.381. The predicted molar refractivity (Wildman–Crippen MR) is 100 cm³/mol. The van der Waals surface area contributed by atoms with Crippen LogP contribution in [0.1, 0.15) is 30.9 Å². The van der Waals surface area contributed by atoms with Crippen molar-refractivity contribution < 1.29 is 14.3 Å². The molecule has 1 N–H and O–H groups in total. The second-order valence-corrected chi connectivity index (χ2v) is 6.31. The van der Waals surface area contributed by atoms with Crippen LogP contribution in [0.3, 0.4) is 0 Å². The standard InChI is InChI=1S/C21H27NO3/c1-16-10-12-19(13-11-16)24-14-6-9-21(23)22-18(3)15-25-20-8-5-4-7-17(20)2/h4-5,7-8,10-13,18H,6,9,14-15H2,1-3H3,(H,22,23)/t18-/m1/s1. The molecule has 0 saturated heterocycles. The minimum Gasteiger partial charge on any atom is -0.494 e. The van der Waals surface area contributed by atoms with E-state index in [-0.39, 0.29) is 11.9 Å². The van der Waals surface area contributed by atoms with E-state index in [1.54, 1.807) is 0 Å². The van der Waals surface area contributed by atoms with Crippen molar-refractivity contribution in [1.29, 1.82) is 0 Å². The summed E-state index contributed by atoms with van der Waals surface area (Å²) in [6.07, 6.45) is 1.13. The summed E-state index contributed by atoms with van der Waals surface area (Å²) in [5.74, 6) is 1.72. The van der Waals surface area contributed by atoms with Crippen LogP contribution in [0.15, 0.2) is 48.5 Å². The first-order chi connectivity index (χ1) is 12.0. The minimum atomic E-state index is -0.0369. The number of carbonyl (C=O) groups excluding carboxylic acids is 1. The number of ether oxygens (including phenoxy) is 2. The molecule has 134 valence electrons. The van der Waals surface area contributed by atoms with Crippen molar-refractivity contribution >= 4 is 5.91 Å². The summed E-state index contributed by atoms with van der Waals surface area (Å²) in [7, 11) is 0. The number of benzene rings is 2.